The first-order valence-corrected chi connectivity index (χ1v) is 11.8. The Kier molecular flexibility index (Phi) is 5.13. The molecule has 170 valence electrons. The van der Waals surface area contributed by atoms with Gasteiger partial charge in [0.1, 0.15) is 24.4 Å². The van der Waals surface area contributed by atoms with Gasteiger partial charge in [0.2, 0.25) is 0 Å². The molecule has 2 saturated heterocycles. The lowest BCUT2D eigenvalue weighted by atomic mass is 9.87. The summed E-state index contributed by atoms with van der Waals surface area (Å²) in [5.74, 6) is 0.600. The van der Waals surface area contributed by atoms with Gasteiger partial charge < -0.3 is 30.1 Å². The molecule has 2 aromatic rings. The third kappa shape index (κ3) is 3.41. The highest BCUT2D eigenvalue weighted by molar-refractivity contribution is 5.46. The minimum absolute atomic E-state index is 0.494. The fourth-order valence-electron chi connectivity index (χ4n) is 5.87. The SMILES string of the molecule is CO[C@H]1O[C@@H](c2ccc(C3CC3)c(Cc3ccc4c(c3)C3CCC4N3)c2)[C@H](O)[C@@H](O)[C@@H]1O. The molecule has 2 aromatic carbocycles. The minimum atomic E-state index is -1.33. The molecule has 0 amide bonds. The summed E-state index contributed by atoms with van der Waals surface area (Å²) in [6, 6.07) is 14.2. The fourth-order valence-corrected chi connectivity index (χ4v) is 5.87. The molecule has 4 N–H and O–H groups in total. The van der Waals surface area contributed by atoms with Crippen molar-refractivity contribution >= 4 is 0 Å². The van der Waals surface area contributed by atoms with E-state index in [2.05, 4.69) is 35.6 Å². The molecular formula is C26H31NO5. The van der Waals surface area contributed by atoms with E-state index in [1.54, 1.807) is 0 Å². The molecule has 0 aromatic heterocycles. The molecule has 2 unspecified atom stereocenters. The Hall–Kier alpha value is -1.80. The summed E-state index contributed by atoms with van der Waals surface area (Å²) in [5, 5.41) is 34.7. The van der Waals surface area contributed by atoms with Crippen molar-refractivity contribution in [3.05, 3.63) is 69.8 Å². The van der Waals surface area contributed by atoms with Gasteiger partial charge in [-0.05, 0) is 71.4 Å². The van der Waals surface area contributed by atoms with Gasteiger partial charge >= 0.3 is 0 Å². The first-order chi connectivity index (χ1) is 15.5. The van der Waals surface area contributed by atoms with Crippen LogP contribution in [0.4, 0.5) is 0 Å². The van der Waals surface area contributed by atoms with Gasteiger partial charge in [-0.1, -0.05) is 36.4 Å². The van der Waals surface area contributed by atoms with Crippen LogP contribution < -0.4 is 5.32 Å². The summed E-state index contributed by atoms with van der Waals surface area (Å²) < 4.78 is 11.0. The Morgan fingerprint density at radius 1 is 0.875 bits per heavy atom. The van der Waals surface area contributed by atoms with E-state index >= 15 is 0 Å². The molecule has 1 saturated carbocycles. The van der Waals surface area contributed by atoms with E-state index in [9.17, 15) is 15.3 Å². The number of ether oxygens (including phenoxy) is 2. The molecule has 3 heterocycles. The van der Waals surface area contributed by atoms with Crippen LogP contribution in [-0.4, -0.2) is 47.0 Å². The van der Waals surface area contributed by atoms with Crippen LogP contribution in [0.15, 0.2) is 36.4 Å². The van der Waals surface area contributed by atoms with Crippen molar-refractivity contribution in [1.82, 2.24) is 5.32 Å². The van der Waals surface area contributed by atoms with E-state index in [1.807, 2.05) is 6.07 Å². The fraction of sp³-hybridized carbons (Fsp3) is 0.538. The summed E-state index contributed by atoms with van der Waals surface area (Å²) in [6.07, 6.45) is 0.121. The normalized spacial score (nSPS) is 35.8. The second-order valence-electron chi connectivity index (χ2n) is 9.85. The van der Waals surface area contributed by atoms with Crippen molar-refractivity contribution in [3.8, 4) is 0 Å². The Bertz CT molecular complexity index is 1020. The molecule has 32 heavy (non-hydrogen) atoms. The van der Waals surface area contributed by atoms with Crippen LogP contribution in [0.5, 0.6) is 0 Å². The number of hydrogen-bond donors (Lipinski definition) is 4. The van der Waals surface area contributed by atoms with Gasteiger partial charge in [0, 0.05) is 19.2 Å². The lowest BCUT2D eigenvalue weighted by molar-refractivity contribution is -0.292. The third-order valence-electron chi connectivity index (χ3n) is 7.76. The highest BCUT2D eigenvalue weighted by atomic mass is 16.7. The van der Waals surface area contributed by atoms with Crippen molar-refractivity contribution in [2.45, 2.75) is 80.8 Å². The van der Waals surface area contributed by atoms with E-state index < -0.39 is 30.7 Å². The zero-order valence-corrected chi connectivity index (χ0v) is 18.3. The van der Waals surface area contributed by atoms with Crippen molar-refractivity contribution in [3.63, 3.8) is 0 Å². The van der Waals surface area contributed by atoms with Crippen LogP contribution in [0.1, 0.15) is 83.2 Å². The maximum Gasteiger partial charge on any atom is 0.186 e. The molecule has 7 atom stereocenters. The lowest BCUT2D eigenvalue weighted by Gasteiger charge is -2.40. The molecular weight excluding hydrogens is 406 g/mol. The number of methoxy groups -OCH3 is 1. The summed E-state index contributed by atoms with van der Waals surface area (Å²) in [5.41, 5.74) is 7.61. The molecule has 0 spiro atoms. The molecule has 3 aliphatic heterocycles. The quantitative estimate of drug-likeness (QED) is 0.575. The average molecular weight is 438 g/mol. The number of hydrogen-bond acceptors (Lipinski definition) is 6. The number of rotatable bonds is 5. The van der Waals surface area contributed by atoms with Crippen molar-refractivity contribution < 1.29 is 24.8 Å². The highest BCUT2D eigenvalue weighted by Crippen LogP contribution is 2.46. The highest BCUT2D eigenvalue weighted by Gasteiger charge is 2.44. The molecule has 3 fully saturated rings. The van der Waals surface area contributed by atoms with E-state index in [0.717, 1.165) is 12.0 Å². The molecule has 6 nitrogen and oxygen atoms in total. The van der Waals surface area contributed by atoms with Crippen molar-refractivity contribution in [2.75, 3.05) is 7.11 Å². The first kappa shape index (κ1) is 20.8. The van der Waals surface area contributed by atoms with Crippen LogP contribution in [0.3, 0.4) is 0 Å². The Labute approximate surface area is 188 Å². The molecule has 0 radical (unpaired) electrons. The van der Waals surface area contributed by atoms with Crippen LogP contribution in [-0.2, 0) is 15.9 Å². The largest absolute Gasteiger partial charge is 0.387 e. The molecule has 2 bridgehead atoms. The molecule has 1 aliphatic carbocycles. The maximum absolute atomic E-state index is 10.6. The lowest BCUT2D eigenvalue weighted by Crippen LogP contribution is -2.54. The van der Waals surface area contributed by atoms with E-state index in [1.165, 1.54) is 60.6 Å². The second-order valence-corrected chi connectivity index (χ2v) is 9.85. The van der Waals surface area contributed by atoms with Gasteiger partial charge in [-0.15, -0.1) is 0 Å². The van der Waals surface area contributed by atoms with E-state index in [-0.39, 0.29) is 0 Å². The molecule has 6 rings (SSSR count). The minimum Gasteiger partial charge on any atom is -0.387 e. The van der Waals surface area contributed by atoms with Crippen molar-refractivity contribution in [2.24, 2.45) is 0 Å². The summed E-state index contributed by atoms with van der Waals surface area (Å²) in [7, 11) is 1.42. The topological polar surface area (TPSA) is 91.2 Å². The van der Waals surface area contributed by atoms with Gasteiger partial charge in [-0.3, -0.25) is 0 Å². The van der Waals surface area contributed by atoms with Crippen molar-refractivity contribution in [1.29, 1.82) is 0 Å². The number of fused-ring (bicyclic) bond motifs is 5. The number of aliphatic hydroxyl groups is 3. The Morgan fingerprint density at radius 2 is 1.62 bits per heavy atom. The number of aliphatic hydroxyl groups excluding tert-OH is 3. The van der Waals surface area contributed by atoms with Gasteiger partial charge in [0.05, 0.1) is 0 Å². The Balaban J connectivity index is 1.32. The first-order valence-electron chi connectivity index (χ1n) is 11.8. The third-order valence-corrected chi connectivity index (χ3v) is 7.76. The predicted molar refractivity (Wildman–Crippen MR) is 118 cm³/mol. The zero-order valence-electron chi connectivity index (χ0n) is 18.3. The number of nitrogens with one attached hydrogen (secondary N) is 1. The summed E-state index contributed by atoms with van der Waals surface area (Å²) in [6.45, 7) is 0. The van der Waals surface area contributed by atoms with Gasteiger partial charge in [-0.2, -0.15) is 0 Å². The summed E-state index contributed by atoms with van der Waals surface area (Å²) >= 11 is 0. The average Bonchev–Trinajstić information content (AvgIpc) is 3.44. The van der Waals surface area contributed by atoms with E-state index in [0.29, 0.717) is 18.0 Å². The van der Waals surface area contributed by atoms with Crippen LogP contribution in [0.25, 0.3) is 0 Å². The number of benzene rings is 2. The Morgan fingerprint density at radius 3 is 2.38 bits per heavy atom. The summed E-state index contributed by atoms with van der Waals surface area (Å²) in [4.78, 5) is 0. The second kappa shape index (κ2) is 7.90. The van der Waals surface area contributed by atoms with Crippen LogP contribution in [0.2, 0.25) is 0 Å². The predicted octanol–water partition coefficient (Wildman–Crippen LogP) is 2.76. The van der Waals surface area contributed by atoms with E-state index in [4.69, 9.17) is 9.47 Å². The van der Waals surface area contributed by atoms with Gasteiger partial charge in [0.25, 0.3) is 0 Å². The maximum atomic E-state index is 10.6. The standard InChI is InChI=1S/C26H31NO5/c1-31-26-24(30)22(28)23(29)25(32-26)15-5-7-17(14-3-4-14)16(12-15)10-13-2-6-18-19(11-13)21-9-8-20(18)27-21/h2,5-7,11-12,14,20-30H,3-4,8-10H2,1H3/t20?,21?,22-,23-,24+,25+,26+/m1/s1. The van der Waals surface area contributed by atoms with Gasteiger partial charge in [-0.25, -0.2) is 0 Å². The molecule has 6 heteroatoms. The smallest absolute Gasteiger partial charge is 0.186 e. The van der Waals surface area contributed by atoms with Gasteiger partial charge in [0.15, 0.2) is 6.29 Å². The van der Waals surface area contributed by atoms with Crippen LogP contribution >= 0.6 is 0 Å². The monoisotopic (exact) mass is 437 g/mol. The molecule has 4 aliphatic rings. The zero-order chi connectivity index (χ0) is 22.0. The van der Waals surface area contributed by atoms with Crippen LogP contribution in [0, 0.1) is 0 Å².